The topological polar surface area (TPSA) is 84.9 Å². The summed E-state index contributed by atoms with van der Waals surface area (Å²) in [6, 6.07) is 9.38. The van der Waals surface area contributed by atoms with E-state index in [1.165, 1.54) is 7.11 Å². The minimum absolute atomic E-state index is 0.250. The highest BCUT2D eigenvalue weighted by Gasteiger charge is 2.30. The van der Waals surface area contributed by atoms with Crippen LogP contribution >= 0.6 is 0 Å². The molecule has 2 atom stereocenters. The smallest absolute Gasteiger partial charge is 0.244 e. The summed E-state index contributed by atoms with van der Waals surface area (Å²) in [4.78, 5) is 13.1. The number of carbonyl (C=O) groups excluding carboxylic acids is 1. The molecule has 0 fully saturated rings. The molecular formula is C24H34N2O5S. The van der Waals surface area contributed by atoms with E-state index in [4.69, 9.17) is 9.47 Å². The molecule has 1 N–H and O–H groups in total. The number of carbonyl (C=O) groups is 1. The summed E-state index contributed by atoms with van der Waals surface area (Å²) in [5, 5.41) is 2.97. The monoisotopic (exact) mass is 462 g/mol. The van der Waals surface area contributed by atoms with Crippen molar-refractivity contribution in [3.8, 4) is 11.5 Å². The van der Waals surface area contributed by atoms with E-state index >= 15 is 0 Å². The first-order valence-electron chi connectivity index (χ1n) is 10.5. The van der Waals surface area contributed by atoms with Crippen molar-refractivity contribution >= 4 is 21.6 Å². The molecule has 176 valence electrons. The van der Waals surface area contributed by atoms with Gasteiger partial charge in [0.25, 0.3) is 0 Å². The number of anilines is 1. The van der Waals surface area contributed by atoms with Gasteiger partial charge < -0.3 is 14.8 Å². The van der Waals surface area contributed by atoms with Gasteiger partial charge in [0.15, 0.2) is 0 Å². The van der Waals surface area contributed by atoms with E-state index in [0.717, 1.165) is 33.0 Å². The molecule has 2 aromatic carbocycles. The lowest BCUT2D eigenvalue weighted by atomic mass is 9.93. The van der Waals surface area contributed by atoms with Crippen LogP contribution in [0.3, 0.4) is 0 Å². The third-order valence-corrected chi connectivity index (χ3v) is 6.70. The maximum absolute atomic E-state index is 13.1. The van der Waals surface area contributed by atoms with Gasteiger partial charge >= 0.3 is 0 Å². The van der Waals surface area contributed by atoms with E-state index in [1.54, 1.807) is 38.3 Å². The molecule has 2 aromatic rings. The highest BCUT2D eigenvalue weighted by Crippen LogP contribution is 2.32. The van der Waals surface area contributed by atoms with Crippen molar-refractivity contribution in [1.29, 1.82) is 0 Å². The lowest BCUT2D eigenvalue weighted by Gasteiger charge is -2.30. The van der Waals surface area contributed by atoms with Crippen LogP contribution < -0.4 is 19.1 Å². The van der Waals surface area contributed by atoms with Gasteiger partial charge in [0.05, 0.1) is 32.2 Å². The maximum atomic E-state index is 13.1. The van der Waals surface area contributed by atoms with Crippen LogP contribution in [0.2, 0.25) is 0 Å². The van der Waals surface area contributed by atoms with Gasteiger partial charge in [-0.15, -0.1) is 0 Å². The first-order valence-corrected chi connectivity index (χ1v) is 12.4. The van der Waals surface area contributed by atoms with Gasteiger partial charge in [-0.3, -0.25) is 9.10 Å². The Labute approximate surface area is 191 Å². The van der Waals surface area contributed by atoms with E-state index in [9.17, 15) is 13.2 Å². The third-order valence-electron chi connectivity index (χ3n) is 5.46. The number of rotatable bonds is 9. The molecular weight excluding hydrogens is 428 g/mol. The molecule has 0 unspecified atom stereocenters. The molecule has 0 aromatic heterocycles. The fourth-order valence-corrected chi connectivity index (χ4v) is 4.95. The second-order valence-corrected chi connectivity index (χ2v) is 10.1. The number of aryl methyl sites for hydroxylation is 1. The molecule has 7 nitrogen and oxygen atoms in total. The molecule has 8 heteroatoms. The van der Waals surface area contributed by atoms with Crippen LogP contribution in [-0.4, -0.2) is 40.8 Å². The first-order chi connectivity index (χ1) is 14.9. The lowest BCUT2D eigenvalue weighted by molar-refractivity contribution is -0.122. The summed E-state index contributed by atoms with van der Waals surface area (Å²) in [6.07, 6.45) is 1.09. The first kappa shape index (κ1) is 25.5. The largest absolute Gasteiger partial charge is 0.497 e. The van der Waals surface area contributed by atoms with Crippen molar-refractivity contribution in [2.24, 2.45) is 0 Å². The number of nitrogens with one attached hydrogen (secondary N) is 1. The summed E-state index contributed by atoms with van der Waals surface area (Å²) >= 11 is 0. The van der Waals surface area contributed by atoms with Gasteiger partial charge in [-0.2, -0.15) is 0 Å². The van der Waals surface area contributed by atoms with E-state index in [0.29, 0.717) is 11.4 Å². The van der Waals surface area contributed by atoms with E-state index in [2.05, 4.69) is 19.2 Å². The molecule has 0 aliphatic rings. The second kappa shape index (κ2) is 10.3. The number of sulfonamides is 1. The number of methoxy groups -OCH3 is 2. The zero-order valence-corrected chi connectivity index (χ0v) is 20.9. The Balaban J connectivity index is 2.34. The lowest BCUT2D eigenvalue weighted by Crippen LogP contribution is -2.48. The van der Waals surface area contributed by atoms with Crippen molar-refractivity contribution in [2.75, 3.05) is 24.8 Å². The fourth-order valence-electron chi connectivity index (χ4n) is 3.78. The number of hydrogen-bond donors (Lipinski definition) is 1. The Morgan fingerprint density at radius 3 is 2.19 bits per heavy atom. The fraction of sp³-hybridized carbons (Fsp3) is 0.458. The van der Waals surface area contributed by atoms with Crippen molar-refractivity contribution < 1.29 is 22.7 Å². The molecule has 0 spiro atoms. The van der Waals surface area contributed by atoms with Crippen LogP contribution in [0.1, 0.15) is 56.3 Å². The zero-order valence-electron chi connectivity index (χ0n) is 20.1. The number of amides is 1. The van der Waals surface area contributed by atoms with Crippen molar-refractivity contribution in [2.45, 2.75) is 52.6 Å². The Morgan fingerprint density at radius 1 is 1.00 bits per heavy atom. The SMILES string of the molecule is COc1cccc(N([C@@H](C)C(=O)N[C@@H](C)c2cc(C(C)C)c(OC)cc2C)S(C)(=O)=O)c1. The summed E-state index contributed by atoms with van der Waals surface area (Å²) in [7, 11) is -0.574. The van der Waals surface area contributed by atoms with Gasteiger partial charge in [-0.1, -0.05) is 19.9 Å². The molecule has 0 saturated heterocycles. The van der Waals surface area contributed by atoms with Crippen LogP contribution in [0.25, 0.3) is 0 Å². The maximum Gasteiger partial charge on any atom is 0.244 e. The van der Waals surface area contributed by atoms with Crippen molar-refractivity contribution in [3.63, 3.8) is 0 Å². The van der Waals surface area contributed by atoms with Crippen LogP contribution in [0, 0.1) is 6.92 Å². The Kier molecular flexibility index (Phi) is 8.18. The van der Waals surface area contributed by atoms with Gasteiger partial charge in [0, 0.05) is 6.07 Å². The number of hydrogen-bond acceptors (Lipinski definition) is 5. The summed E-state index contributed by atoms with van der Waals surface area (Å²) < 4.78 is 37.0. The molecule has 32 heavy (non-hydrogen) atoms. The van der Waals surface area contributed by atoms with Crippen LogP contribution in [0.4, 0.5) is 5.69 Å². The summed E-state index contributed by atoms with van der Waals surface area (Å²) in [6.45, 7) is 9.59. The van der Waals surface area contributed by atoms with E-state index in [-0.39, 0.29) is 12.0 Å². The Morgan fingerprint density at radius 2 is 1.66 bits per heavy atom. The predicted octanol–water partition coefficient (Wildman–Crippen LogP) is 4.17. The number of ether oxygens (including phenoxy) is 2. The van der Waals surface area contributed by atoms with Gasteiger partial charge in [0.1, 0.15) is 17.5 Å². The highest BCUT2D eigenvalue weighted by molar-refractivity contribution is 7.92. The molecule has 0 radical (unpaired) electrons. The van der Waals surface area contributed by atoms with Crippen LogP contribution in [0.15, 0.2) is 36.4 Å². The predicted molar refractivity (Wildman–Crippen MR) is 128 cm³/mol. The Bertz CT molecular complexity index is 1070. The van der Waals surface area contributed by atoms with Gasteiger partial charge in [-0.25, -0.2) is 8.42 Å². The molecule has 0 heterocycles. The standard InChI is InChI=1S/C24H34N2O5S/c1-15(2)21-14-22(16(3)12-23(21)31-7)17(4)25-24(27)18(5)26(32(8,28)29)19-10-9-11-20(13-19)30-6/h9-15,17-18H,1-8H3,(H,25,27)/t17-,18-/m0/s1. The Hall–Kier alpha value is -2.74. The molecule has 0 saturated carbocycles. The summed E-state index contributed by atoms with van der Waals surface area (Å²) in [5.74, 6) is 1.17. The normalized spacial score (nSPS) is 13.4. The van der Waals surface area contributed by atoms with E-state index < -0.39 is 22.0 Å². The third kappa shape index (κ3) is 5.73. The molecule has 0 aliphatic carbocycles. The van der Waals surface area contributed by atoms with E-state index in [1.807, 2.05) is 26.0 Å². The molecule has 0 bridgehead atoms. The molecule has 0 aliphatic heterocycles. The van der Waals surface area contributed by atoms with Crippen LogP contribution in [0.5, 0.6) is 11.5 Å². The van der Waals surface area contributed by atoms with Crippen molar-refractivity contribution in [3.05, 3.63) is 53.1 Å². The second-order valence-electron chi connectivity index (χ2n) is 8.27. The van der Waals surface area contributed by atoms with Gasteiger partial charge in [0.2, 0.25) is 15.9 Å². The zero-order chi connectivity index (χ0) is 24.2. The highest BCUT2D eigenvalue weighted by atomic mass is 32.2. The quantitative estimate of drug-likeness (QED) is 0.605. The molecule has 2 rings (SSSR count). The minimum atomic E-state index is -3.72. The number of benzene rings is 2. The van der Waals surface area contributed by atoms with Gasteiger partial charge in [-0.05, 0) is 67.6 Å². The van der Waals surface area contributed by atoms with Crippen LogP contribution in [-0.2, 0) is 14.8 Å². The van der Waals surface area contributed by atoms with Crippen molar-refractivity contribution in [1.82, 2.24) is 5.32 Å². The number of nitrogens with zero attached hydrogens (tertiary/aromatic N) is 1. The molecule has 1 amide bonds. The average molecular weight is 463 g/mol. The average Bonchev–Trinajstić information content (AvgIpc) is 2.72. The summed E-state index contributed by atoms with van der Waals surface area (Å²) in [5.41, 5.74) is 3.36. The minimum Gasteiger partial charge on any atom is -0.497 e.